The van der Waals surface area contributed by atoms with Crippen LogP contribution in [0.15, 0.2) is 28.7 Å². The van der Waals surface area contributed by atoms with Crippen LogP contribution in [0.25, 0.3) is 0 Å². The maximum atomic E-state index is 5.93. The van der Waals surface area contributed by atoms with Crippen molar-refractivity contribution in [3.63, 3.8) is 0 Å². The Morgan fingerprint density at radius 2 is 2.20 bits per heavy atom. The zero-order valence-electron chi connectivity index (χ0n) is 8.99. The van der Waals surface area contributed by atoms with Gasteiger partial charge in [0.1, 0.15) is 0 Å². The largest absolute Gasteiger partial charge is 0.326 e. The van der Waals surface area contributed by atoms with Gasteiger partial charge in [0.15, 0.2) is 0 Å². The fourth-order valence-corrected chi connectivity index (χ4v) is 2.79. The van der Waals surface area contributed by atoms with Crippen molar-refractivity contribution in [3.8, 4) is 0 Å². The Labute approximate surface area is 99.6 Å². The molecule has 0 aliphatic carbocycles. The molecular weight excluding hydrogens is 252 g/mol. The minimum atomic E-state index is 0.356. The monoisotopic (exact) mass is 268 g/mol. The van der Waals surface area contributed by atoms with Gasteiger partial charge in [-0.1, -0.05) is 34.1 Å². The van der Waals surface area contributed by atoms with Crippen LogP contribution in [0, 0.1) is 0 Å². The lowest BCUT2D eigenvalue weighted by Crippen LogP contribution is -2.28. The van der Waals surface area contributed by atoms with Crippen LogP contribution in [0.2, 0.25) is 0 Å². The quantitative estimate of drug-likeness (QED) is 0.894. The van der Waals surface area contributed by atoms with Crippen LogP contribution in [0.3, 0.4) is 0 Å². The summed E-state index contributed by atoms with van der Waals surface area (Å²) in [5.41, 5.74) is 7.28. The lowest BCUT2D eigenvalue weighted by Gasteiger charge is -2.25. The van der Waals surface area contributed by atoms with Crippen LogP contribution in [0.1, 0.15) is 24.9 Å². The minimum absolute atomic E-state index is 0.356. The Balaban J connectivity index is 2.14. The van der Waals surface area contributed by atoms with Gasteiger partial charge in [0.25, 0.3) is 0 Å². The van der Waals surface area contributed by atoms with E-state index in [1.807, 2.05) is 0 Å². The van der Waals surface area contributed by atoms with Gasteiger partial charge >= 0.3 is 0 Å². The molecule has 1 aromatic carbocycles. The summed E-state index contributed by atoms with van der Waals surface area (Å²) in [6, 6.07) is 9.23. The van der Waals surface area contributed by atoms with Crippen molar-refractivity contribution < 1.29 is 0 Å². The first-order valence-electron chi connectivity index (χ1n) is 5.42. The van der Waals surface area contributed by atoms with Crippen molar-refractivity contribution in [2.24, 2.45) is 5.73 Å². The highest BCUT2D eigenvalue weighted by molar-refractivity contribution is 9.10. The molecular formula is C12H17BrN2. The number of nitrogens with zero attached hydrogens (tertiary/aromatic N) is 1. The summed E-state index contributed by atoms with van der Waals surface area (Å²) in [7, 11) is 0. The van der Waals surface area contributed by atoms with E-state index in [1.165, 1.54) is 10.0 Å². The Morgan fingerprint density at radius 3 is 2.80 bits per heavy atom. The van der Waals surface area contributed by atoms with Gasteiger partial charge in [0.05, 0.1) is 0 Å². The van der Waals surface area contributed by atoms with E-state index in [2.05, 4.69) is 52.0 Å². The molecule has 0 spiro atoms. The lowest BCUT2D eigenvalue weighted by molar-refractivity contribution is 0.259. The lowest BCUT2D eigenvalue weighted by atomic mass is 10.1. The van der Waals surface area contributed by atoms with Crippen LogP contribution < -0.4 is 5.73 Å². The number of benzene rings is 1. The first kappa shape index (κ1) is 11.1. The second kappa shape index (κ2) is 4.64. The molecule has 2 rings (SSSR count). The maximum Gasteiger partial charge on any atom is 0.0331 e. The summed E-state index contributed by atoms with van der Waals surface area (Å²) in [6.07, 6.45) is 1.12. The highest BCUT2D eigenvalue weighted by Gasteiger charge is 2.25. The van der Waals surface area contributed by atoms with E-state index in [1.54, 1.807) is 0 Å². The van der Waals surface area contributed by atoms with Gasteiger partial charge < -0.3 is 5.73 Å². The zero-order chi connectivity index (χ0) is 10.8. The number of hydrogen-bond donors (Lipinski definition) is 1. The third-order valence-corrected chi connectivity index (χ3v) is 3.88. The zero-order valence-corrected chi connectivity index (χ0v) is 10.6. The number of halogens is 1. The molecule has 2 unspecified atom stereocenters. The first-order chi connectivity index (χ1) is 7.18. The number of likely N-dealkylation sites (tertiary alicyclic amines) is 1. The van der Waals surface area contributed by atoms with Crippen LogP contribution >= 0.6 is 15.9 Å². The summed E-state index contributed by atoms with van der Waals surface area (Å²) >= 11 is 3.60. The molecule has 0 saturated carbocycles. The van der Waals surface area contributed by atoms with Gasteiger partial charge in [0.2, 0.25) is 0 Å². The smallest absolute Gasteiger partial charge is 0.0331 e. The molecule has 0 aromatic heterocycles. The van der Waals surface area contributed by atoms with Gasteiger partial charge in [-0.2, -0.15) is 0 Å². The second-order valence-corrected chi connectivity index (χ2v) is 5.10. The van der Waals surface area contributed by atoms with Gasteiger partial charge in [-0.25, -0.2) is 0 Å². The third-order valence-electron chi connectivity index (χ3n) is 3.16. The molecule has 1 fully saturated rings. The van der Waals surface area contributed by atoms with Gasteiger partial charge in [-0.15, -0.1) is 0 Å². The fraction of sp³-hybridized carbons (Fsp3) is 0.500. The molecule has 15 heavy (non-hydrogen) atoms. The molecule has 0 radical (unpaired) electrons. The van der Waals surface area contributed by atoms with Crippen molar-refractivity contribution in [2.75, 3.05) is 13.1 Å². The van der Waals surface area contributed by atoms with Crippen molar-refractivity contribution in [1.82, 2.24) is 4.90 Å². The van der Waals surface area contributed by atoms with Crippen LogP contribution in [0.4, 0.5) is 0 Å². The van der Waals surface area contributed by atoms with Crippen molar-refractivity contribution in [2.45, 2.75) is 25.4 Å². The fourth-order valence-electron chi connectivity index (χ4n) is 2.18. The van der Waals surface area contributed by atoms with Crippen molar-refractivity contribution in [3.05, 3.63) is 34.3 Å². The number of rotatable bonds is 2. The average molecular weight is 269 g/mol. The average Bonchev–Trinajstić information content (AvgIpc) is 2.65. The SMILES string of the molecule is CC(c1ccccc1Br)N1CCC(N)C1. The summed E-state index contributed by atoms with van der Waals surface area (Å²) < 4.78 is 1.19. The summed E-state index contributed by atoms with van der Waals surface area (Å²) in [5, 5.41) is 0. The van der Waals surface area contributed by atoms with Crippen LogP contribution in [-0.4, -0.2) is 24.0 Å². The molecule has 1 aliphatic rings. The molecule has 2 N–H and O–H groups in total. The standard InChI is InChI=1S/C12H17BrN2/c1-9(15-7-6-10(14)8-15)11-4-2-3-5-12(11)13/h2-5,9-10H,6-8,14H2,1H3. The molecule has 2 atom stereocenters. The van der Waals surface area contributed by atoms with Crippen molar-refractivity contribution in [1.29, 1.82) is 0 Å². The van der Waals surface area contributed by atoms with E-state index in [-0.39, 0.29) is 0 Å². The number of nitrogens with two attached hydrogens (primary N) is 1. The van der Waals surface area contributed by atoms with E-state index in [9.17, 15) is 0 Å². The van der Waals surface area contributed by atoms with E-state index in [0.29, 0.717) is 12.1 Å². The Morgan fingerprint density at radius 1 is 1.47 bits per heavy atom. The third kappa shape index (κ3) is 2.41. The normalized spacial score (nSPS) is 24.3. The second-order valence-electron chi connectivity index (χ2n) is 4.24. The molecule has 0 bridgehead atoms. The minimum Gasteiger partial charge on any atom is -0.326 e. The summed E-state index contributed by atoms with van der Waals surface area (Å²) in [5.74, 6) is 0. The Bertz CT molecular complexity index is 340. The highest BCUT2D eigenvalue weighted by Crippen LogP contribution is 2.29. The van der Waals surface area contributed by atoms with E-state index >= 15 is 0 Å². The topological polar surface area (TPSA) is 29.3 Å². The molecule has 82 valence electrons. The first-order valence-corrected chi connectivity index (χ1v) is 6.22. The van der Waals surface area contributed by atoms with Crippen LogP contribution in [-0.2, 0) is 0 Å². The maximum absolute atomic E-state index is 5.93. The van der Waals surface area contributed by atoms with E-state index < -0.39 is 0 Å². The molecule has 2 nitrogen and oxygen atoms in total. The van der Waals surface area contributed by atoms with Crippen molar-refractivity contribution >= 4 is 15.9 Å². The summed E-state index contributed by atoms with van der Waals surface area (Å²) in [6.45, 7) is 4.38. The Kier molecular flexibility index (Phi) is 3.44. The molecule has 1 aliphatic heterocycles. The molecule has 1 aromatic rings. The summed E-state index contributed by atoms with van der Waals surface area (Å²) in [4.78, 5) is 2.45. The van der Waals surface area contributed by atoms with Gasteiger partial charge in [-0.3, -0.25) is 4.90 Å². The highest BCUT2D eigenvalue weighted by atomic mass is 79.9. The molecule has 3 heteroatoms. The Hall–Kier alpha value is -0.380. The van der Waals surface area contributed by atoms with E-state index in [4.69, 9.17) is 5.73 Å². The molecule has 0 amide bonds. The molecule has 1 heterocycles. The number of hydrogen-bond acceptors (Lipinski definition) is 2. The predicted molar refractivity (Wildman–Crippen MR) is 66.7 cm³/mol. The van der Waals surface area contributed by atoms with Gasteiger partial charge in [-0.05, 0) is 25.0 Å². The molecule has 1 saturated heterocycles. The predicted octanol–water partition coefficient (Wildman–Crippen LogP) is 2.54. The van der Waals surface area contributed by atoms with Gasteiger partial charge in [0, 0.05) is 29.6 Å². The van der Waals surface area contributed by atoms with Crippen LogP contribution in [0.5, 0.6) is 0 Å². The van der Waals surface area contributed by atoms with E-state index in [0.717, 1.165) is 19.5 Å².